The number of ether oxygens (including phenoxy) is 1. The lowest BCUT2D eigenvalue weighted by Gasteiger charge is -2.37. The summed E-state index contributed by atoms with van der Waals surface area (Å²) in [5.74, 6) is 0.120. The summed E-state index contributed by atoms with van der Waals surface area (Å²) in [6.45, 7) is 4.79. The number of nitrogens with one attached hydrogen (secondary N) is 1. The van der Waals surface area contributed by atoms with Crippen molar-refractivity contribution in [2.45, 2.75) is 12.8 Å². The van der Waals surface area contributed by atoms with E-state index in [0.29, 0.717) is 34.1 Å². The molecule has 3 heterocycles. The molecule has 2 aromatic rings. The van der Waals surface area contributed by atoms with E-state index in [-0.39, 0.29) is 24.3 Å². The number of rotatable bonds is 6. The van der Waals surface area contributed by atoms with Crippen LogP contribution < -0.4 is 15.0 Å². The highest BCUT2D eigenvalue weighted by molar-refractivity contribution is 6.31. The molecule has 0 aromatic heterocycles. The smallest absolute Gasteiger partial charge is 0.262 e. The third-order valence-corrected chi connectivity index (χ3v) is 6.57. The van der Waals surface area contributed by atoms with Crippen LogP contribution in [0.5, 0.6) is 5.75 Å². The van der Waals surface area contributed by atoms with E-state index in [1.165, 1.54) is 4.90 Å². The molecule has 3 amide bonds. The largest absolute Gasteiger partial charge is 0.479 e. The van der Waals surface area contributed by atoms with E-state index in [1.807, 2.05) is 6.07 Å². The predicted molar refractivity (Wildman–Crippen MR) is 125 cm³/mol. The highest BCUT2D eigenvalue weighted by Crippen LogP contribution is 2.41. The summed E-state index contributed by atoms with van der Waals surface area (Å²) in [7, 11) is 0. The van der Waals surface area contributed by atoms with Gasteiger partial charge in [-0.3, -0.25) is 24.2 Å². The van der Waals surface area contributed by atoms with Crippen molar-refractivity contribution in [3.8, 4) is 5.75 Å². The lowest BCUT2D eigenvalue weighted by atomic mass is 10.1. The average Bonchev–Trinajstić information content (AvgIpc) is 3.06. The average molecular weight is 469 g/mol. The molecule has 8 nitrogen and oxygen atoms in total. The van der Waals surface area contributed by atoms with Gasteiger partial charge in [0.2, 0.25) is 0 Å². The van der Waals surface area contributed by atoms with Gasteiger partial charge in [-0.2, -0.15) is 0 Å². The Morgan fingerprint density at radius 2 is 1.58 bits per heavy atom. The van der Waals surface area contributed by atoms with Gasteiger partial charge in [-0.15, -0.1) is 0 Å². The summed E-state index contributed by atoms with van der Waals surface area (Å²) in [4.78, 5) is 42.5. The maximum absolute atomic E-state index is 12.5. The van der Waals surface area contributed by atoms with E-state index >= 15 is 0 Å². The Morgan fingerprint density at radius 3 is 2.27 bits per heavy atom. The van der Waals surface area contributed by atoms with Crippen molar-refractivity contribution in [2.75, 3.05) is 56.1 Å². The molecule has 0 bridgehead atoms. The lowest BCUT2D eigenvalue weighted by Crippen LogP contribution is -2.47. The second-order valence-electron chi connectivity index (χ2n) is 8.48. The van der Waals surface area contributed by atoms with Crippen LogP contribution in [0.2, 0.25) is 5.02 Å². The molecule has 0 spiro atoms. The topological polar surface area (TPSA) is 82.2 Å². The summed E-state index contributed by atoms with van der Waals surface area (Å²) in [6, 6.07) is 10.6. The second-order valence-corrected chi connectivity index (χ2v) is 8.92. The summed E-state index contributed by atoms with van der Waals surface area (Å²) in [5, 5.41) is 3.38. The van der Waals surface area contributed by atoms with Crippen LogP contribution in [0.4, 0.5) is 11.4 Å². The van der Waals surface area contributed by atoms with Gasteiger partial charge in [0.05, 0.1) is 22.5 Å². The molecule has 3 aliphatic heterocycles. The molecule has 1 saturated heterocycles. The Kier molecular flexibility index (Phi) is 5.95. The number of anilines is 2. The Hall–Kier alpha value is -3.10. The first-order valence-electron chi connectivity index (χ1n) is 11.2. The summed E-state index contributed by atoms with van der Waals surface area (Å²) in [6.07, 6.45) is 1.69. The number of hydrogen-bond acceptors (Lipinski definition) is 6. The van der Waals surface area contributed by atoms with Crippen LogP contribution in [0.15, 0.2) is 36.4 Å². The minimum atomic E-state index is -0.188. The fourth-order valence-electron chi connectivity index (χ4n) is 4.64. The normalized spacial score (nSPS) is 18.2. The summed E-state index contributed by atoms with van der Waals surface area (Å²) in [5.41, 5.74) is 2.53. The number of nitrogens with zero attached hydrogens (tertiary/aromatic N) is 3. The number of hydrogen-bond donors (Lipinski definition) is 1. The van der Waals surface area contributed by atoms with E-state index in [2.05, 4.69) is 15.1 Å². The molecule has 0 atom stereocenters. The van der Waals surface area contributed by atoms with Crippen molar-refractivity contribution in [3.05, 3.63) is 52.5 Å². The minimum Gasteiger partial charge on any atom is -0.479 e. The number of fused-ring (bicyclic) bond motifs is 2. The fourth-order valence-corrected chi connectivity index (χ4v) is 4.86. The van der Waals surface area contributed by atoms with Crippen molar-refractivity contribution in [2.24, 2.45) is 0 Å². The van der Waals surface area contributed by atoms with Crippen molar-refractivity contribution in [3.63, 3.8) is 0 Å². The van der Waals surface area contributed by atoms with E-state index in [0.717, 1.165) is 51.3 Å². The van der Waals surface area contributed by atoms with Gasteiger partial charge < -0.3 is 15.0 Å². The van der Waals surface area contributed by atoms with Gasteiger partial charge in [-0.1, -0.05) is 23.7 Å². The minimum absolute atomic E-state index is 0.00863. The van der Waals surface area contributed by atoms with E-state index < -0.39 is 0 Å². The number of piperazine rings is 1. The SMILES string of the molecule is O=C1COc2c(cc(Cl)cc2N2CCN(CCCCN3C(=O)c4ccccc4C3=O)CC2)N1. The number of carbonyl (C=O) groups is 3. The number of benzene rings is 2. The molecule has 0 radical (unpaired) electrons. The van der Waals surface area contributed by atoms with Gasteiger partial charge in [-0.05, 0) is 43.7 Å². The van der Waals surface area contributed by atoms with Crippen molar-refractivity contribution < 1.29 is 19.1 Å². The van der Waals surface area contributed by atoms with Gasteiger partial charge in [-0.25, -0.2) is 0 Å². The highest BCUT2D eigenvalue weighted by atomic mass is 35.5. The maximum Gasteiger partial charge on any atom is 0.262 e. The van der Waals surface area contributed by atoms with Gasteiger partial charge in [0, 0.05) is 37.7 Å². The Labute approximate surface area is 197 Å². The van der Waals surface area contributed by atoms with Crippen LogP contribution in [0.3, 0.4) is 0 Å². The zero-order chi connectivity index (χ0) is 22.9. The van der Waals surface area contributed by atoms with Gasteiger partial charge >= 0.3 is 0 Å². The molecule has 0 unspecified atom stereocenters. The molecular weight excluding hydrogens is 444 g/mol. The molecule has 0 aliphatic carbocycles. The first kappa shape index (κ1) is 21.7. The lowest BCUT2D eigenvalue weighted by molar-refractivity contribution is -0.118. The maximum atomic E-state index is 12.5. The van der Waals surface area contributed by atoms with Crippen LogP contribution in [-0.4, -0.2) is 73.4 Å². The number of imide groups is 1. The van der Waals surface area contributed by atoms with E-state index in [1.54, 1.807) is 30.3 Å². The Balaban J connectivity index is 1.11. The van der Waals surface area contributed by atoms with Crippen molar-refractivity contribution in [1.29, 1.82) is 0 Å². The van der Waals surface area contributed by atoms with Crippen molar-refractivity contribution >= 4 is 40.7 Å². The number of unbranched alkanes of at least 4 members (excludes halogenated alkanes) is 1. The predicted octanol–water partition coefficient (Wildman–Crippen LogP) is 2.87. The zero-order valence-corrected chi connectivity index (χ0v) is 18.9. The first-order chi connectivity index (χ1) is 16.0. The van der Waals surface area contributed by atoms with Crippen LogP contribution in [0.1, 0.15) is 33.6 Å². The monoisotopic (exact) mass is 468 g/mol. The highest BCUT2D eigenvalue weighted by Gasteiger charge is 2.34. The van der Waals surface area contributed by atoms with Crippen molar-refractivity contribution in [1.82, 2.24) is 9.80 Å². The molecule has 0 saturated carbocycles. The molecule has 1 N–H and O–H groups in total. The standard InChI is InChI=1S/C24H25ClN4O4/c25-16-13-19-22(33-15-21(30)26-19)20(14-16)28-11-9-27(10-12-28)7-3-4-8-29-23(31)17-5-1-2-6-18(17)24(29)32/h1-2,5-6,13-14H,3-4,7-12,15H2,(H,26,30). The second kappa shape index (κ2) is 9.03. The Bertz CT molecular complexity index is 1080. The van der Waals surface area contributed by atoms with E-state index in [4.69, 9.17) is 16.3 Å². The van der Waals surface area contributed by atoms with E-state index in [9.17, 15) is 14.4 Å². The molecule has 1 fully saturated rings. The Morgan fingerprint density at radius 1 is 0.909 bits per heavy atom. The fraction of sp³-hybridized carbons (Fsp3) is 0.375. The third-order valence-electron chi connectivity index (χ3n) is 6.35. The molecule has 2 aromatic carbocycles. The number of carbonyl (C=O) groups excluding carboxylic acids is 3. The molecule has 9 heteroatoms. The first-order valence-corrected chi connectivity index (χ1v) is 11.6. The quantitative estimate of drug-likeness (QED) is 0.518. The zero-order valence-electron chi connectivity index (χ0n) is 18.2. The van der Waals surface area contributed by atoms with Crippen LogP contribution >= 0.6 is 11.6 Å². The van der Waals surface area contributed by atoms with Crippen LogP contribution in [0.25, 0.3) is 0 Å². The van der Waals surface area contributed by atoms with Gasteiger partial charge in [0.25, 0.3) is 17.7 Å². The van der Waals surface area contributed by atoms with Gasteiger partial charge in [0.15, 0.2) is 12.4 Å². The molecule has 3 aliphatic rings. The van der Waals surface area contributed by atoms with Crippen LogP contribution in [0, 0.1) is 0 Å². The summed E-state index contributed by atoms with van der Waals surface area (Å²) >= 11 is 6.27. The van der Waals surface area contributed by atoms with Gasteiger partial charge in [0.1, 0.15) is 0 Å². The number of halogens is 1. The molecule has 172 valence electrons. The molecule has 33 heavy (non-hydrogen) atoms. The number of amides is 3. The summed E-state index contributed by atoms with van der Waals surface area (Å²) < 4.78 is 5.69. The molecule has 5 rings (SSSR count). The van der Waals surface area contributed by atoms with Crippen LogP contribution in [-0.2, 0) is 4.79 Å². The third kappa shape index (κ3) is 4.28. The molecular formula is C24H25ClN4O4.